The summed E-state index contributed by atoms with van der Waals surface area (Å²) in [4.78, 5) is 12.0. The summed E-state index contributed by atoms with van der Waals surface area (Å²) >= 11 is 0. The SMILES string of the molecule is O=C(Cc1ccc(F)cc1)NC1CC[C@H]2CNC[C@H]2C1. The summed E-state index contributed by atoms with van der Waals surface area (Å²) < 4.78 is 12.8. The van der Waals surface area contributed by atoms with Crippen molar-refractivity contribution in [3.63, 3.8) is 0 Å². The van der Waals surface area contributed by atoms with Crippen LogP contribution < -0.4 is 10.6 Å². The molecule has 3 nitrogen and oxygen atoms in total. The van der Waals surface area contributed by atoms with E-state index in [0.717, 1.165) is 43.3 Å². The van der Waals surface area contributed by atoms with Crippen LogP contribution in [0.1, 0.15) is 24.8 Å². The molecule has 1 aromatic rings. The smallest absolute Gasteiger partial charge is 0.224 e. The molecule has 2 aliphatic rings. The van der Waals surface area contributed by atoms with Crippen molar-refractivity contribution in [2.75, 3.05) is 13.1 Å². The lowest BCUT2D eigenvalue weighted by Gasteiger charge is -2.31. The van der Waals surface area contributed by atoms with Crippen molar-refractivity contribution in [2.24, 2.45) is 11.8 Å². The summed E-state index contributed by atoms with van der Waals surface area (Å²) in [6.45, 7) is 2.23. The molecule has 0 radical (unpaired) electrons. The molecule has 2 fully saturated rings. The molecule has 1 heterocycles. The molecule has 20 heavy (non-hydrogen) atoms. The van der Waals surface area contributed by atoms with Gasteiger partial charge in [0.1, 0.15) is 5.82 Å². The average Bonchev–Trinajstić information content (AvgIpc) is 2.89. The van der Waals surface area contributed by atoms with Crippen molar-refractivity contribution in [1.82, 2.24) is 10.6 Å². The highest BCUT2D eigenvalue weighted by atomic mass is 19.1. The number of nitrogens with one attached hydrogen (secondary N) is 2. The second-order valence-corrected chi connectivity index (χ2v) is 6.06. The molecule has 1 amide bonds. The number of halogens is 1. The summed E-state index contributed by atoms with van der Waals surface area (Å²) in [6, 6.07) is 6.46. The van der Waals surface area contributed by atoms with Gasteiger partial charge in [-0.3, -0.25) is 4.79 Å². The highest BCUT2D eigenvalue weighted by Crippen LogP contribution is 2.32. The summed E-state index contributed by atoms with van der Waals surface area (Å²) in [5.41, 5.74) is 0.861. The molecule has 4 heteroatoms. The van der Waals surface area contributed by atoms with E-state index in [4.69, 9.17) is 0 Å². The lowest BCUT2D eigenvalue weighted by Crippen LogP contribution is -2.41. The first-order valence-corrected chi connectivity index (χ1v) is 7.45. The molecule has 1 saturated carbocycles. The lowest BCUT2D eigenvalue weighted by molar-refractivity contribution is -0.121. The molecule has 1 saturated heterocycles. The fourth-order valence-electron chi connectivity index (χ4n) is 3.50. The van der Waals surface area contributed by atoms with E-state index in [1.807, 2.05) is 0 Å². The summed E-state index contributed by atoms with van der Waals surface area (Å²) in [6.07, 6.45) is 3.72. The first-order valence-electron chi connectivity index (χ1n) is 7.45. The number of hydrogen-bond acceptors (Lipinski definition) is 2. The normalized spacial score (nSPS) is 28.9. The summed E-state index contributed by atoms with van der Waals surface area (Å²) in [5.74, 6) is 1.31. The third-order valence-corrected chi connectivity index (χ3v) is 4.60. The van der Waals surface area contributed by atoms with Gasteiger partial charge in [0.05, 0.1) is 6.42 Å². The van der Waals surface area contributed by atoms with Gasteiger partial charge in [0.15, 0.2) is 0 Å². The van der Waals surface area contributed by atoms with E-state index in [-0.39, 0.29) is 11.7 Å². The van der Waals surface area contributed by atoms with Crippen LogP contribution in [0.3, 0.4) is 0 Å². The Bertz CT molecular complexity index is 474. The first-order chi connectivity index (χ1) is 9.70. The zero-order valence-electron chi connectivity index (χ0n) is 11.6. The maximum atomic E-state index is 12.8. The molecule has 0 aromatic heterocycles. The molecule has 1 aromatic carbocycles. The van der Waals surface area contributed by atoms with Crippen LogP contribution >= 0.6 is 0 Å². The number of fused-ring (bicyclic) bond motifs is 1. The zero-order valence-corrected chi connectivity index (χ0v) is 11.6. The molecule has 3 atom stereocenters. The van der Waals surface area contributed by atoms with E-state index in [1.165, 1.54) is 18.6 Å². The van der Waals surface area contributed by atoms with Crippen LogP contribution in [0, 0.1) is 17.7 Å². The third-order valence-electron chi connectivity index (χ3n) is 4.60. The molecule has 0 spiro atoms. The van der Waals surface area contributed by atoms with E-state index in [1.54, 1.807) is 12.1 Å². The minimum Gasteiger partial charge on any atom is -0.353 e. The van der Waals surface area contributed by atoms with Gasteiger partial charge < -0.3 is 10.6 Å². The van der Waals surface area contributed by atoms with Crippen molar-refractivity contribution in [2.45, 2.75) is 31.7 Å². The predicted molar refractivity (Wildman–Crippen MR) is 75.7 cm³/mol. The first kappa shape index (κ1) is 13.6. The predicted octanol–water partition coefficient (Wildman–Crippen LogP) is 1.87. The van der Waals surface area contributed by atoms with Crippen molar-refractivity contribution in [3.05, 3.63) is 35.6 Å². The van der Waals surface area contributed by atoms with Crippen molar-refractivity contribution < 1.29 is 9.18 Å². The Morgan fingerprint density at radius 1 is 1.20 bits per heavy atom. The van der Waals surface area contributed by atoms with Crippen LogP contribution in [0.4, 0.5) is 4.39 Å². The Balaban J connectivity index is 1.50. The monoisotopic (exact) mass is 276 g/mol. The molecule has 0 bridgehead atoms. The Morgan fingerprint density at radius 3 is 2.75 bits per heavy atom. The van der Waals surface area contributed by atoms with Crippen LogP contribution in [0.15, 0.2) is 24.3 Å². The minimum absolute atomic E-state index is 0.0472. The topological polar surface area (TPSA) is 41.1 Å². The van der Waals surface area contributed by atoms with E-state index in [9.17, 15) is 9.18 Å². The molecule has 1 aliphatic carbocycles. The van der Waals surface area contributed by atoms with Gasteiger partial charge in [-0.25, -0.2) is 4.39 Å². The number of rotatable bonds is 3. The highest BCUT2D eigenvalue weighted by Gasteiger charge is 2.34. The highest BCUT2D eigenvalue weighted by molar-refractivity contribution is 5.78. The molecular weight excluding hydrogens is 255 g/mol. The maximum Gasteiger partial charge on any atom is 0.224 e. The summed E-state index contributed by atoms with van der Waals surface area (Å²) in [7, 11) is 0. The van der Waals surface area contributed by atoms with Crippen molar-refractivity contribution >= 4 is 5.91 Å². The minimum atomic E-state index is -0.263. The zero-order chi connectivity index (χ0) is 13.9. The van der Waals surface area contributed by atoms with E-state index < -0.39 is 0 Å². The molecule has 108 valence electrons. The van der Waals surface area contributed by atoms with Crippen LogP contribution in [0.5, 0.6) is 0 Å². The van der Waals surface area contributed by atoms with E-state index >= 15 is 0 Å². The molecule has 1 aliphatic heterocycles. The fraction of sp³-hybridized carbons (Fsp3) is 0.562. The Morgan fingerprint density at radius 2 is 1.95 bits per heavy atom. The van der Waals surface area contributed by atoms with Gasteiger partial charge >= 0.3 is 0 Å². The second-order valence-electron chi connectivity index (χ2n) is 6.06. The van der Waals surface area contributed by atoms with Crippen molar-refractivity contribution in [3.8, 4) is 0 Å². The van der Waals surface area contributed by atoms with Crippen LogP contribution in [-0.2, 0) is 11.2 Å². The lowest BCUT2D eigenvalue weighted by atomic mass is 9.79. The Hall–Kier alpha value is -1.42. The summed E-state index contributed by atoms with van der Waals surface area (Å²) in [5, 5.41) is 6.57. The second kappa shape index (κ2) is 5.92. The van der Waals surface area contributed by atoms with Crippen LogP contribution in [0.25, 0.3) is 0 Å². The van der Waals surface area contributed by atoms with E-state index in [2.05, 4.69) is 10.6 Å². The largest absolute Gasteiger partial charge is 0.353 e. The number of benzene rings is 1. The molecule has 1 unspecified atom stereocenters. The van der Waals surface area contributed by atoms with E-state index in [0.29, 0.717) is 12.5 Å². The van der Waals surface area contributed by atoms with Gasteiger partial charge in [0, 0.05) is 6.04 Å². The third kappa shape index (κ3) is 3.18. The molecule has 2 N–H and O–H groups in total. The average molecular weight is 276 g/mol. The van der Waals surface area contributed by atoms with Gasteiger partial charge in [-0.15, -0.1) is 0 Å². The maximum absolute atomic E-state index is 12.8. The van der Waals surface area contributed by atoms with Crippen LogP contribution in [-0.4, -0.2) is 25.0 Å². The standard InChI is InChI=1S/C16H21FN2O/c17-14-4-1-11(2-5-14)7-16(20)19-15-6-3-12-9-18-10-13(12)8-15/h1-2,4-5,12-13,15,18H,3,6-10H2,(H,19,20)/t12-,13+,15?/m0/s1. The quantitative estimate of drug-likeness (QED) is 0.885. The fourth-order valence-corrected chi connectivity index (χ4v) is 3.50. The van der Waals surface area contributed by atoms with Crippen molar-refractivity contribution in [1.29, 1.82) is 0 Å². The van der Waals surface area contributed by atoms with Gasteiger partial charge in [0.2, 0.25) is 5.91 Å². The van der Waals surface area contributed by atoms with Gasteiger partial charge in [-0.1, -0.05) is 12.1 Å². The van der Waals surface area contributed by atoms with Gasteiger partial charge in [-0.05, 0) is 61.9 Å². The number of amides is 1. The van der Waals surface area contributed by atoms with Gasteiger partial charge in [-0.2, -0.15) is 0 Å². The van der Waals surface area contributed by atoms with Crippen LogP contribution in [0.2, 0.25) is 0 Å². The van der Waals surface area contributed by atoms with Gasteiger partial charge in [0.25, 0.3) is 0 Å². The Labute approximate surface area is 118 Å². The molecule has 3 rings (SSSR count). The molecular formula is C16H21FN2O. The Kier molecular flexibility index (Phi) is 4.01. The number of carbonyl (C=O) groups is 1. The number of carbonyl (C=O) groups excluding carboxylic acids is 1. The number of hydrogen-bond donors (Lipinski definition) is 2.